The predicted octanol–water partition coefficient (Wildman–Crippen LogP) is -0.00940. The summed E-state index contributed by atoms with van der Waals surface area (Å²) in [6.07, 6.45) is -0.0161. The monoisotopic (exact) mass is 294 g/mol. The van der Waals surface area contributed by atoms with Gasteiger partial charge in [0.05, 0.1) is 0 Å². The van der Waals surface area contributed by atoms with Crippen molar-refractivity contribution < 1.29 is 24.6 Å². The normalized spacial score (nSPS) is 13.2. The molecule has 0 radical (unpaired) electrons. The smallest absolute Gasteiger partial charge is 0.326 e. The molecule has 0 aliphatic rings. The SMILES string of the molecule is N[C@H](CCC(=O)N[C@H](Cc1ccccc1)C(=O)O)C(=O)O. The Morgan fingerprint density at radius 2 is 1.71 bits per heavy atom. The number of hydrogen-bond acceptors (Lipinski definition) is 4. The molecule has 0 saturated heterocycles. The molecule has 0 aliphatic carbocycles. The van der Waals surface area contributed by atoms with Crippen molar-refractivity contribution in [3.8, 4) is 0 Å². The Balaban J connectivity index is 2.53. The highest BCUT2D eigenvalue weighted by Gasteiger charge is 2.21. The lowest BCUT2D eigenvalue weighted by molar-refractivity contribution is -0.142. The largest absolute Gasteiger partial charge is 0.480 e. The molecule has 1 amide bonds. The molecular weight excluding hydrogens is 276 g/mol. The molecule has 2 atom stereocenters. The molecule has 0 fully saturated rings. The number of hydrogen-bond donors (Lipinski definition) is 4. The minimum atomic E-state index is -1.19. The molecule has 21 heavy (non-hydrogen) atoms. The van der Waals surface area contributed by atoms with Crippen LogP contribution in [0.4, 0.5) is 0 Å². The Bertz CT molecular complexity index is 503. The van der Waals surface area contributed by atoms with Gasteiger partial charge in [0.2, 0.25) is 5.91 Å². The number of carboxylic acids is 2. The van der Waals surface area contributed by atoms with Crippen molar-refractivity contribution in [1.29, 1.82) is 0 Å². The van der Waals surface area contributed by atoms with E-state index in [2.05, 4.69) is 5.32 Å². The molecular formula is C14H18N2O5. The Hall–Kier alpha value is -2.41. The summed E-state index contributed by atoms with van der Waals surface area (Å²) in [6.45, 7) is 0. The number of nitrogens with two attached hydrogens (primary N) is 1. The number of carboxylic acid groups (broad SMARTS) is 2. The van der Waals surface area contributed by atoms with Gasteiger partial charge in [-0.05, 0) is 12.0 Å². The van der Waals surface area contributed by atoms with Crippen LogP contribution in [-0.4, -0.2) is 40.1 Å². The van der Waals surface area contributed by atoms with E-state index < -0.39 is 29.9 Å². The van der Waals surface area contributed by atoms with E-state index in [4.69, 9.17) is 15.9 Å². The van der Waals surface area contributed by atoms with Crippen molar-refractivity contribution in [1.82, 2.24) is 5.32 Å². The maximum Gasteiger partial charge on any atom is 0.326 e. The van der Waals surface area contributed by atoms with Gasteiger partial charge in [0, 0.05) is 12.8 Å². The van der Waals surface area contributed by atoms with Gasteiger partial charge in [-0.2, -0.15) is 0 Å². The second-order valence-corrected chi connectivity index (χ2v) is 4.63. The summed E-state index contributed by atoms with van der Waals surface area (Å²) in [5.41, 5.74) is 6.07. The number of benzene rings is 1. The van der Waals surface area contributed by atoms with E-state index in [1.165, 1.54) is 0 Å². The van der Waals surface area contributed by atoms with Crippen molar-refractivity contribution in [2.24, 2.45) is 5.73 Å². The molecule has 0 heterocycles. The fraction of sp³-hybridized carbons (Fsp3) is 0.357. The van der Waals surface area contributed by atoms with Gasteiger partial charge in [-0.25, -0.2) is 4.79 Å². The minimum Gasteiger partial charge on any atom is -0.480 e. The van der Waals surface area contributed by atoms with Crippen LogP contribution < -0.4 is 11.1 Å². The zero-order valence-corrected chi connectivity index (χ0v) is 11.4. The summed E-state index contributed by atoms with van der Waals surface area (Å²) < 4.78 is 0. The van der Waals surface area contributed by atoms with Crippen LogP contribution in [-0.2, 0) is 20.8 Å². The van der Waals surface area contributed by atoms with Crippen molar-refractivity contribution in [2.75, 3.05) is 0 Å². The number of rotatable bonds is 8. The van der Waals surface area contributed by atoms with Crippen LogP contribution in [0.3, 0.4) is 0 Å². The highest BCUT2D eigenvalue weighted by Crippen LogP contribution is 2.04. The van der Waals surface area contributed by atoms with Crippen LogP contribution in [0, 0.1) is 0 Å². The molecule has 1 aromatic carbocycles. The molecule has 0 spiro atoms. The van der Waals surface area contributed by atoms with Crippen LogP contribution in [0.5, 0.6) is 0 Å². The van der Waals surface area contributed by atoms with Crippen molar-refractivity contribution in [2.45, 2.75) is 31.3 Å². The average Bonchev–Trinajstić information content (AvgIpc) is 2.44. The van der Waals surface area contributed by atoms with Crippen molar-refractivity contribution in [3.05, 3.63) is 35.9 Å². The molecule has 1 aromatic rings. The van der Waals surface area contributed by atoms with Gasteiger partial charge in [0.1, 0.15) is 12.1 Å². The number of carbonyl (C=O) groups excluding carboxylic acids is 1. The quantitative estimate of drug-likeness (QED) is 0.533. The van der Waals surface area contributed by atoms with E-state index in [0.29, 0.717) is 0 Å². The summed E-state index contributed by atoms with van der Waals surface area (Å²) >= 11 is 0. The first-order chi connectivity index (χ1) is 9.90. The van der Waals surface area contributed by atoms with Crippen LogP contribution in [0.15, 0.2) is 30.3 Å². The first-order valence-corrected chi connectivity index (χ1v) is 6.44. The lowest BCUT2D eigenvalue weighted by atomic mass is 10.1. The fourth-order valence-corrected chi connectivity index (χ4v) is 1.73. The molecule has 0 aromatic heterocycles. The van der Waals surface area contributed by atoms with Crippen LogP contribution in [0.2, 0.25) is 0 Å². The van der Waals surface area contributed by atoms with Gasteiger partial charge in [0.25, 0.3) is 0 Å². The van der Waals surface area contributed by atoms with Crippen molar-refractivity contribution >= 4 is 17.8 Å². The van der Waals surface area contributed by atoms with E-state index in [9.17, 15) is 14.4 Å². The second kappa shape index (κ2) is 8.01. The summed E-state index contributed by atoms with van der Waals surface area (Å²) in [4.78, 5) is 33.3. The third-order valence-electron chi connectivity index (χ3n) is 2.92. The topological polar surface area (TPSA) is 130 Å². The van der Waals surface area contributed by atoms with Crippen molar-refractivity contribution in [3.63, 3.8) is 0 Å². The van der Waals surface area contributed by atoms with Crippen LogP contribution in [0.1, 0.15) is 18.4 Å². The molecule has 7 nitrogen and oxygen atoms in total. The highest BCUT2D eigenvalue weighted by atomic mass is 16.4. The van der Waals surface area contributed by atoms with Gasteiger partial charge in [-0.1, -0.05) is 30.3 Å². The maximum atomic E-state index is 11.7. The first kappa shape index (κ1) is 16.6. The minimum absolute atomic E-state index is 0.0428. The molecule has 114 valence electrons. The summed E-state index contributed by atoms with van der Waals surface area (Å²) in [5, 5.41) is 20.1. The van der Waals surface area contributed by atoms with E-state index in [-0.39, 0.29) is 19.3 Å². The van der Waals surface area contributed by atoms with Gasteiger partial charge in [-0.15, -0.1) is 0 Å². The van der Waals surface area contributed by atoms with Crippen LogP contribution in [0.25, 0.3) is 0 Å². The van der Waals surface area contributed by atoms with Gasteiger partial charge < -0.3 is 21.3 Å². The zero-order chi connectivity index (χ0) is 15.8. The zero-order valence-electron chi connectivity index (χ0n) is 11.4. The van der Waals surface area contributed by atoms with Crippen LogP contribution >= 0.6 is 0 Å². The fourth-order valence-electron chi connectivity index (χ4n) is 1.73. The van der Waals surface area contributed by atoms with Gasteiger partial charge in [-0.3, -0.25) is 9.59 Å². The van der Waals surface area contributed by atoms with E-state index in [1.807, 2.05) is 6.07 Å². The molecule has 0 aliphatic heterocycles. The third-order valence-corrected chi connectivity index (χ3v) is 2.92. The number of aliphatic carboxylic acids is 2. The summed E-state index contributed by atoms with van der Waals surface area (Å²) in [6, 6.07) is 6.72. The molecule has 5 N–H and O–H groups in total. The first-order valence-electron chi connectivity index (χ1n) is 6.44. The molecule has 1 rings (SSSR count). The Morgan fingerprint density at radius 1 is 1.10 bits per heavy atom. The summed E-state index contributed by atoms with van der Waals surface area (Å²) in [7, 11) is 0. The van der Waals surface area contributed by atoms with E-state index in [1.54, 1.807) is 24.3 Å². The average molecular weight is 294 g/mol. The number of amides is 1. The predicted molar refractivity (Wildman–Crippen MR) is 74.6 cm³/mol. The standard InChI is InChI=1S/C14H18N2O5/c15-10(13(18)19)6-7-12(17)16-11(14(20)21)8-9-4-2-1-3-5-9/h1-5,10-11H,6-8,15H2,(H,16,17)(H,18,19)(H,20,21)/t10-,11-/m1/s1. The van der Waals surface area contributed by atoms with Gasteiger partial charge >= 0.3 is 11.9 Å². The lowest BCUT2D eigenvalue weighted by Crippen LogP contribution is -2.43. The maximum absolute atomic E-state index is 11.7. The second-order valence-electron chi connectivity index (χ2n) is 4.63. The number of nitrogens with one attached hydrogen (secondary N) is 1. The Labute approximate surface area is 121 Å². The van der Waals surface area contributed by atoms with E-state index >= 15 is 0 Å². The molecule has 0 unspecified atom stereocenters. The van der Waals surface area contributed by atoms with Gasteiger partial charge in [0.15, 0.2) is 0 Å². The van der Waals surface area contributed by atoms with E-state index in [0.717, 1.165) is 5.56 Å². The highest BCUT2D eigenvalue weighted by molar-refractivity contribution is 5.84. The number of carbonyl (C=O) groups is 3. The molecule has 7 heteroatoms. The third kappa shape index (κ3) is 6.05. The summed E-state index contributed by atoms with van der Waals surface area (Å²) in [5.74, 6) is -2.87. The Morgan fingerprint density at radius 3 is 2.24 bits per heavy atom. The Kier molecular flexibility index (Phi) is 6.35. The molecule has 0 saturated carbocycles. The molecule has 0 bridgehead atoms. The lowest BCUT2D eigenvalue weighted by Gasteiger charge is -2.15.